The summed E-state index contributed by atoms with van der Waals surface area (Å²) in [5.41, 5.74) is 7.50. The predicted octanol–water partition coefficient (Wildman–Crippen LogP) is 2.28. The Morgan fingerprint density at radius 2 is 2.18 bits per heavy atom. The van der Waals surface area contributed by atoms with Crippen LogP contribution in [0.2, 0.25) is 0 Å². The smallest absolute Gasteiger partial charge is 0.124 e. The van der Waals surface area contributed by atoms with Gasteiger partial charge in [-0.25, -0.2) is 4.39 Å². The van der Waals surface area contributed by atoms with Crippen LogP contribution in [0.25, 0.3) is 0 Å². The Morgan fingerprint density at radius 3 is 2.82 bits per heavy atom. The van der Waals surface area contributed by atoms with E-state index in [4.69, 9.17) is 10.5 Å². The molecule has 2 N–H and O–H groups in total. The minimum Gasteiger partial charge on any atom is -0.496 e. The van der Waals surface area contributed by atoms with E-state index in [1.54, 1.807) is 24.5 Å². The van der Waals surface area contributed by atoms with Gasteiger partial charge in [-0.3, -0.25) is 4.98 Å². The number of benzene rings is 1. The number of nitrogens with zero attached hydrogens (tertiary/aromatic N) is 1. The third kappa shape index (κ3) is 2.42. The van der Waals surface area contributed by atoms with Crippen molar-refractivity contribution < 1.29 is 9.13 Å². The first kappa shape index (κ1) is 11.5. The highest BCUT2D eigenvalue weighted by Gasteiger charge is 2.14. The maximum absolute atomic E-state index is 13.2. The minimum absolute atomic E-state index is 0.333. The number of rotatable bonds is 3. The first-order valence-corrected chi connectivity index (χ1v) is 5.21. The van der Waals surface area contributed by atoms with Gasteiger partial charge in [0.1, 0.15) is 11.6 Å². The Morgan fingerprint density at radius 1 is 1.35 bits per heavy atom. The minimum atomic E-state index is -0.450. The van der Waals surface area contributed by atoms with Crippen molar-refractivity contribution in [3.8, 4) is 5.75 Å². The molecule has 1 heterocycles. The third-order valence-electron chi connectivity index (χ3n) is 2.57. The van der Waals surface area contributed by atoms with Crippen LogP contribution < -0.4 is 10.5 Å². The Bertz CT molecular complexity index is 502. The van der Waals surface area contributed by atoms with Crippen molar-refractivity contribution >= 4 is 0 Å². The van der Waals surface area contributed by atoms with Gasteiger partial charge in [0.15, 0.2) is 0 Å². The lowest BCUT2D eigenvalue weighted by molar-refractivity contribution is 0.406. The van der Waals surface area contributed by atoms with Crippen LogP contribution in [-0.4, -0.2) is 12.1 Å². The van der Waals surface area contributed by atoms with E-state index < -0.39 is 6.04 Å². The molecule has 0 saturated heterocycles. The summed E-state index contributed by atoms with van der Waals surface area (Å²) >= 11 is 0. The second kappa shape index (κ2) is 4.93. The predicted molar refractivity (Wildman–Crippen MR) is 63.2 cm³/mol. The summed E-state index contributed by atoms with van der Waals surface area (Å²) in [7, 11) is 1.53. The van der Waals surface area contributed by atoms with Crippen LogP contribution in [0.5, 0.6) is 5.75 Å². The SMILES string of the molecule is COc1ccc(F)cc1C(N)c1cccnc1. The number of halogens is 1. The average Bonchev–Trinajstić information content (AvgIpc) is 2.39. The van der Waals surface area contributed by atoms with E-state index in [-0.39, 0.29) is 5.82 Å². The van der Waals surface area contributed by atoms with E-state index in [1.807, 2.05) is 6.07 Å². The van der Waals surface area contributed by atoms with E-state index in [9.17, 15) is 4.39 Å². The van der Waals surface area contributed by atoms with Crippen LogP contribution in [0.1, 0.15) is 17.2 Å². The Hall–Kier alpha value is -1.94. The van der Waals surface area contributed by atoms with Crippen LogP contribution in [-0.2, 0) is 0 Å². The zero-order valence-corrected chi connectivity index (χ0v) is 9.43. The van der Waals surface area contributed by atoms with Crippen molar-refractivity contribution in [3.05, 3.63) is 59.7 Å². The molecule has 0 saturated carbocycles. The first-order valence-electron chi connectivity index (χ1n) is 5.21. The molecule has 1 aromatic carbocycles. The van der Waals surface area contributed by atoms with E-state index >= 15 is 0 Å². The zero-order chi connectivity index (χ0) is 12.3. The summed E-state index contributed by atoms with van der Waals surface area (Å²) in [6.45, 7) is 0. The summed E-state index contributed by atoms with van der Waals surface area (Å²) in [5, 5.41) is 0. The fourth-order valence-electron chi connectivity index (χ4n) is 1.69. The molecule has 0 fully saturated rings. The molecule has 4 heteroatoms. The summed E-state index contributed by atoms with van der Waals surface area (Å²) < 4.78 is 18.4. The Labute approximate surface area is 99.1 Å². The van der Waals surface area contributed by atoms with Crippen molar-refractivity contribution in [2.75, 3.05) is 7.11 Å². The van der Waals surface area contributed by atoms with E-state index in [0.717, 1.165) is 5.56 Å². The van der Waals surface area contributed by atoms with Gasteiger partial charge in [0.25, 0.3) is 0 Å². The molecule has 3 nitrogen and oxygen atoms in total. The van der Waals surface area contributed by atoms with Crippen LogP contribution in [0.3, 0.4) is 0 Å². The van der Waals surface area contributed by atoms with Gasteiger partial charge in [-0.1, -0.05) is 6.07 Å². The quantitative estimate of drug-likeness (QED) is 0.883. The summed E-state index contributed by atoms with van der Waals surface area (Å²) in [5.74, 6) is 0.239. The highest BCUT2D eigenvalue weighted by Crippen LogP contribution is 2.28. The fourth-order valence-corrected chi connectivity index (χ4v) is 1.69. The fraction of sp³-hybridized carbons (Fsp3) is 0.154. The summed E-state index contributed by atoms with van der Waals surface area (Å²) in [4.78, 5) is 3.99. The van der Waals surface area contributed by atoms with Crippen LogP contribution in [0, 0.1) is 5.82 Å². The van der Waals surface area contributed by atoms with E-state index in [2.05, 4.69) is 4.98 Å². The molecule has 0 aliphatic heterocycles. The number of methoxy groups -OCH3 is 1. The van der Waals surface area contributed by atoms with E-state index in [0.29, 0.717) is 11.3 Å². The molecule has 1 atom stereocenters. The van der Waals surface area contributed by atoms with Gasteiger partial charge in [0.2, 0.25) is 0 Å². The van der Waals surface area contributed by atoms with Gasteiger partial charge in [-0.15, -0.1) is 0 Å². The van der Waals surface area contributed by atoms with Gasteiger partial charge in [-0.05, 0) is 29.8 Å². The molecular formula is C13H13FN2O. The second-order valence-corrected chi connectivity index (χ2v) is 3.65. The van der Waals surface area contributed by atoms with Crippen LogP contribution >= 0.6 is 0 Å². The molecule has 0 spiro atoms. The van der Waals surface area contributed by atoms with Gasteiger partial charge >= 0.3 is 0 Å². The molecule has 2 rings (SSSR count). The van der Waals surface area contributed by atoms with Gasteiger partial charge in [0.05, 0.1) is 13.2 Å². The molecule has 0 aliphatic carbocycles. The lowest BCUT2D eigenvalue weighted by atomic mass is 10.00. The van der Waals surface area contributed by atoms with Crippen molar-refractivity contribution in [1.29, 1.82) is 0 Å². The zero-order valence-electron chi connectivity index (χ0n) is 9.43. The van der Waals surface area contributed by atoms with Crippen LogP contribution in [0.4, 0.5) is 4.39 Å². The standard InChI is InChI=1S/C13H13FN2O/c1-17-12-5-4-10(14)7-11(12)13(15)9-3-2-6-16-8-9/h2-8,13H,15H2,1H3. The second-order valence-electron chi connectivity index (χ2n) is 3.65. The molecule has 17 heavy (non-hydrogen) atoms. The number of nitrogens with two attached hydrogens (primary N) is 1. The van der Waals surface area contributed by atoms with Crippen molar-refractivity contribution in [3.63, 3.8) is 0 Å². The highest BCUT2D eigenvalue weighted by molar-refractivity contribution is 5.40. The molecule has 0 amide bonds. The van der Waals surface area contributed by atoms with Gasteiger partial charge in [0, 0.05) is 18.0 Å². The number of hydrogen-bond donors (Lipinski definition) is 1. The number of pyridine rings is 1. The lowest BCUT2D eigenvalue weighted by Gasteiger charge is -2.15. The van der Waals surface area contributed by atoms with Crippen molar-refractivity contribution in [1.82, 2.24) is 4.98 Å². The number of ether oxygens (including phenoxy) is 1. The summed E-state index contributed by atoms with van der Waals surface area (Å²) in [6, 6.07) is 7.49. The Balaban J connectivity index is 2.43. The highest BCUT2D eigenvalue weighted by atomic mass is 19.1. The van der Waals surface area contributed by atoms with Gasteiger partial charge in [-0.2, -0.15) is 0 Å². The maximum atomic E-state index is 13.2. The molecule has 1 unspecified atom stereocenters. The maximum Gasteiger partial charge on any atom is 0.124 e. The Kier molecular flexibility index (Phi) is 3.35. The normalized spacial score (nSPS) is 12.2. The topological polar surface area (TPSA) is 48.1 Å². The van der Waals surface area contributed by atoms with Crippen molar-refractivity contribution in [2.45, 2.75) is 6.04 Å². The number of aromatic nitrogens is 1. The molecule has 2 aromatic rings. The molecule has 0 radical (unpaired) electrons. The average molecular weight is 232 g/mol. The molecule has 0 aliphatic rings. The number of hydrogen-bond acceptors (Lipinski definition) is 3. The third-order valence-corrected chi connectivity index (χ3v) is 2.57. The molecule has 0 bridgehead atoms. The molecular weight excluding hydrogens is 219 g/mol. The summed E-state index contributed by atoms with van der Waals surface area (Å²) in [6.07, 6.45) is 3.33. The van der Waals surface area contributed by atoms with E-state index in [1.165, 1.54) is 19.2 Å². The molecule has 1 aromatic heterocycles. The lowest BCUT2D eigenvalue weighted by Crippen LogP contribution is -2.13. The van der Waals surface area contributed by atoms with Gasteiger partial charge < -0.3 is 10.5 Å². The molecule has 88 valence electrons. The largest absolute Gasteiger partial charge is 0.496 e. The monoisotopic (exact) mass is 232 g/mol. The van der Waals surface area contributed by atoms with Crippen molar-refractivity contribution in [2.24, 2.45) is 5.73 Å². The first-order chi connectivity index (χ1) is 8.22. The van der Waals surface area contributed by atoms with Crippen LogP contribution in [0.15, 0.2) is 42.7 Å².